The van der Waals surface area contributed by atoms with Gasteiger partial charge in [0.05, 0.1) is 31.0 Å². The molecule has 0 amide bonds. The molecule has 2 N–H and O–H groups in total. The van der Waals surface area contributed by atoms with Gasteiger partial charge in [-0.15, -0.1) is 0 Å². The molecule has 3 fully saturated rings. The van der Waals surface area contributed by atoms with Crippen molar-refractivity contribution in [2.24, 2.45) is 17.8 Å². The normalized spacial score (nSPS) is 44.8. The molecule has 0 radical (unpaired) electrons. The van der Waals surface area contributed by atoms with Gasteiger partial charge in [-0.3, -0.25) is 4.79 Å². The first-order valence-corrected chi connectivity index (χ1v) is 20.8. The standard InChI is InChI=1S/C38H60O8Si/c1-11-32-24(3)15-16-37(45-32)21-29-19-28(44-37)20-31(39)25(4)17-23(2)13-12-14-27-22-42-34-33(46-47(9,10)36(6,7)8)26(5)18-30(35(40)43-29)38(27,34)41/h12-14,17-18,23-24,28-34,39,41H,11,15-16,19-22H2,1-10H3/b13-12+,25-17+,27-14+/t23-,24-,28-,29-,30-,31-,32+,33+,34+,37+,38+/m0/s1. The molecule has 4 aliphatic heterocycles. The maximum atomic E-state index is 14.4. The summed E-state index contributed by atoms with van der Waals surface area (Å²) in [5.74, 6) is -1.91. The number of rotatable bonds is 3. The van der Waals surface area contributed by atoms with Crippen molar-refractivity contribution in [1.29, 1.82) is 0 Å². The van der Waals surface area contributed by atoms with Crippen LogP contribution in [0, 0.1) is 17.8 Å². The van der Waals surface area contributed by atoms with Crippen LogP contribution in [0.5, 0.6) is 0 Å². The van der Waals surface area contributed by atoms with Gasteiger partial charge in [0.25, 0.3) is 0 Å². The smallest absolute Gasteiger partial charge is 0.316 e. The Morgan fingerprint density at radius 1 is 1.06 bits per heavy atom. The van der Waals surface area contributed by atoms with E-state index in [-0.39, 0.29) is 29.8 Å². The molecule has 0 aromatic heterocycles. The number of carbonyl (C=O) groups excluding carboxylic acids is 1. The summed E-state index contributed by atoms with van der Waals surface area (Å²) in [6, 6.07) is 0. The Hall–Kier alpha value is -1.59. The first kappa shape index (κ1) is 36.7. The summed E-state index contributed by atoms with van der Waals surface area (Å²) in [7, 11) is -2.27. The number of aliphatic hydroxyl groups excluding tert-OH is 1. The predicted molar refractivity (Wildman–Crippen MR) is 185 cm³/mol. The van der Waals surface area contributed by atoms with E-state index >= 15 is 0 Å². The fourth-order valence-corrected chi connectivity index (χ4v) is 9.16. The van der Waals surface area contributed by atoms with Gasteiger partial charge in [-0.1, -0.05) is 71.9 Å². The lowest BCUT2D eigenvalue weighted by molar-refractivity contribution is -0.337. The number of fused-ring (bicyclic) bond motifs is 2. The topological polar surface area (TPSA) is 104 Å². The molecule has 0 aromatic rings. The maximum absolute atomic E-state index is 14.4. The van der Waals surface area contributed by atoms with E-state index in [1.54, 1.807) is 0 Å². The number of hydrogen-bond acceptors (Lipinski definition) is 8. The van der Waals surface area contributed by atoms with Gasteiger partial charge in [0, 0.05) is 25.7 Å². The molecule has 2 bridgehead atoms. The summed E-state index contributed by atoms with van der Waals surface area (Å²) in [6.45, 7) is 21.5. The van der Waals surface area contributed by atoms with E-state index in [0.29, 0.717) is 37.2 Å². The number of hydrogen-bond donors (Lipinski definition) is 2. The fraction of sp³-hybridized carbons (Fsp3) is 0.763. The highest BCUT2D eigenvalue weighted by molar-refractivity contribution is 6.74. The van der Waals surface area contributed by atoms with Gasteiger partial charge >= 0.3 is 5.97 Å². The molecule has 1 aliphatic carbocycles. The Kier molecular flexibility index (Phi) is 10.6. The molecular formula is C38H60O8Si. The van der Waals surface area contributed by atoms with Crippen molar-refractivity contribution >= 4 is 14.3 Å². The Balaban J connectivity index is 1.55. The van der Waals surface area contributed by atoms with Gasteiger partial charge in [0.1, 0.15) is 23.7 Å². The Morgan fingerprint density at radius 3 is 2.47 bits per heavy atom. The lowest BCUT2D eigenvalue weighted by Crippen LogP contribution is -2.60. The van der Waals surface area contributed by atoms with E-state index in [2.05, 4.69) is 60.7 Å². The van der Waals surface area contributed by atoms with Gasteiger partial charge in [0.2, 0.25) is 0 Å². The summed E-state index contributed by atoms with van der Waals surface area (Å²) in [5, 5.41) is 23.9. The molecule has 9 heteroatoms. The fourth-order valence-electron chi connectivity index (χ4n) is 7.87. The van der Waals surface area contributed by atoms with Crippen molar-refractivity contribution in [1.82, 2.24) is 0 Å². The Bertz CT molecular complexity index is 1290. The predicted octanol–water partition coefficient (Wildman–Crippen LogP) is 6.92. The second kappa shape index (κ2) is 13.6. The number of aliphatic hydroxyl groups is 2. The average Bonchev–Trinajstić information content (AvgIpc) is 3.31. The lowest BCUT2D eigenvalue weighted by atomic mass is 9.71. The van der Waals surface area contributed by atoms with Crippen LogP contribution in [0.1, 0.15) is 93.9 Å². The van der Waals surface area contributed by atoms with Gasteiger partial charge in [0.15, 0.2) is 14.1 Å². The van der Waals surface area contributed by atoms with Crippen molar-refractivity contribution in [3.63, 3.8) is 0 Å². The number of esters is 1. The van der Waals surface area contributed by atoms with Crippen LogP contribution in [0.15, 0.2) is 47.1 Å². The number of ether oxygens (including phenoxy) is 4. The van der Waals surface area contributed by atoms with E-state index in [1.807, 2.05) is 38.2 Å². The van der Waals surface area contributed by atoms with Crippen LogP contribution in [-0.4, -0.2) is 79.1 Å². The van der Waals surface area contributed by atoms with Gasteiger partial charge in [-0.05, 0) is 73.4 Å². The second-order valence-electron chi connectivity index (χ2n) is 16.6. The third-order valence-electron chi connectivity index (χ3n) is 11.8. The largest absolute Gasteiger partial charge is 0.462 e. The molecule has 0 unspecified atom stereocenters. The minimum atomic E-state index is -2.27. The molecule has 4 heterocycles. The molecule has 5 aliphatic rings. The highest BCUT2D eigenvalue weighted by Crippen LogP contribution is 2.50. The molecular weight excluding hydrogens is 612 g/mol. The SMILES string of the molecule is CC[C@H]1O[C@]2(CC[C@@H]1C)C[C@@H]1C[C@@H](C[C@H](O)/C(C)=C/[C@@H](C)/C=C/C=C3\CO[C@@H]4[C@H](O[Si](C)(C)C(C)(C)C)C(C)=C[C@@H](C(=O)O1)[C@]34O)O2. The summed E-state index contributed by atoms with van der Waals surface area (Å²) < 4.78 is 33.1. The van der Waals surface area contributed by atoms with Gasteiger partial charge in [-0.25, -0.2) is 0 Å². The molecule has 264 valence electrons. The maximum Gasteiger partial charge on any atom is 0.316 e. The Morgan fingerprint density at radius 2 is 1.79 bits per heavy atom. The molecule has 0 aromatic carbocycles. The molecule has 3 saturated heterocycles. The quantitative estimate of drug-likeness (QED) is 0.189. The Labute approximate surface area is 283 Å². The summed E-state index contributed by atoms with van der Waals surface area (Å²) in [6.07, 6.45) is 10.7. The molecule has 47 heavy (non-hydrogen) atoms. The van der Waals surface area contributed by atoms with Crippen LogP contribution < -0.4 is 0 Å². The monoisotopic (exact) mass is 672 g/mol. The lowest BCUT2D eigenvalue weighted by Gasteiger charge is -2.50. The minimum Gasteiger partial charge on any atom is -0.462 e. The van der Waals surface area contributed by atoms with Gasteiger partial charge in [-0.2, -0.15) is 0 Å². The van der Waals surface area contributed by atoms with E-state index in [4.69, 9.17) is 23.4 Å². The van der Waals surface area contributed by atoms with E-state index in [1.165, 1.54) is 0 Å². The van der Waals surface area contributed by atoms with Crippen molar-refractivity contribution in [2.45, 2.75) is 160 Å². The first-order valence-electron chi connectivity index (χ1n) is 17.9. The molecule has 8 nitrogen and oxygen atoms in total. The average molecular weight is 673 g/mol. The first-order chi connectivity index (χ1) is 21.9. The van der Waals surface area contributed by atoms with Crippen LogP contribution >= 0.6 is 0 Å². The summed E-state index contributed by atoms with van der Waals surface area (Å²) in [4.78, 5) is 14.4. The highest BCUT2D eigenvalue weighted by atomic mass is 28.4. The van der Waals surface area contributed by atoms with Crippen LogP contribution in [0.2, 0.25) is 18.1 Å². The van der Waals surface area contributed by atoms with Crippen molar-refractivity contribution in [2.75, 3.05) is 6.61 Å². The summed E-state index contributed by atoms with van der Waals surface area (Å²) in [5.41, 5.74) is 0.726. The number of allylic oxidation sites excluding steroid dienone is 4. The molecule has 0 saturated carbocycles. The van der Waals surface area contributed by atoms with E-state index in [9.17, 15) is 15.0 Å². The van der Waals surface area contributed by atoms with Crippen LogP contribution in [0.25, 0.3) is 0 Å². The van der Waals surface area contributed by atoms with Crippen LogP contribution in [0.3, 0.4) is 0 Å². The third-order valence-corrected chi connectivity index (χ3v) is 16.3. The zero-order chi connectivity index (χ0) is 34.5. The van der Waals surface area contributed by atoms with Crippen molar-refractivity contribution < 1.29 is 38.4 Å². The zero-order valence-corrected chi connectivity index (χ0v) is 31.4. The van der Waals surface area contributed by atoms with Crippen LogP contribution in [-0.2, 0) is 28.2 Å². The number of carbonyl (C=O) groups is 1. The molecule has 11 atom stereocenters. The minimum absolute atomic E-state index is 0.0333. The van der Waals surface area contributed by atoms with Crippen molar-refractivity contribution in [3.8, 4) is 0 Å². The zero-order valence-electron chi connectivity index (χ0n) is 30.4. The van der Waals surface area contributed by atoms with E-state index in [0.717, 1.165) is 24.0 Å². The summed E-state index contributed by atoms with van der Waals surface area (Å²) >= 11 is 0. The van der Waals surface area contributed by atoms with Crippen LogP contribution in [0.4, 0.5) is 0 Å². The molecule has 5 rings (SSSR count). The van der Waals surface area contributed by atoms with Gasteiger partial charge < -0.3 is 33.6 Å². The van der Waals surface area contributed by atoms with E-state index < -0.39 is 56.0 Å². The highest BCUT2D eigenvalue weighted by Gasteiger charge is 2.61. The third kappa shape index (κ3) is 7.33. The van der Waals surface area contributed by atoms with Crippen molar-refractivity contribution in [3.05, 3.63) is 47.1 Å². The second-order valence-corrected chi connectivity index (χ2v) is 21.3. The molecule has 1 spiro atoms.